The van der Waals surface area contributed by atoms with Gasteiger partial charge in [-0.25, -0.2) is 0 Å². The zero-order chi connectivity index (χ0) is 14.7. The maximum absolute atomic E-state index is 12.3. The van der Waals surface area contributed by atoms with E-state index in [4.69, 9.17) is 9.47 Å². The Morgan fingerprint density at radius 2 is 1.76 bits per heavy atom. The molecular weight excluding hydrogens is 286 g/mol. The van der Waals surface area contributed by atoms with Crippen LogP contribution in [0.1, 0.15) is 58.3 Å². The lowest BCUT2D eigenvalue weighted by atomic mass is 9.87. The molecule has 0 bridgehead atoms. The first-order valence-corrected chi connectivity index (χ1v) is 10.0. The van der Waals surface area contributed by atoms with Crippen LogP contribution in [-0.2, 0) is 20.3 Å². The summed E-state index contributed by atoms with van der Waals surface area (Å²) in [6, 6.07) is 0.992. The summed E-state index contributed by atoms with van der Waals surface area (Å²) >= 11 is 0. The van der Waals surface area contributed by atoms with Gasteiger partial charge in [0.2, 0.25) is 0 Å². The molecule has 1 saturated heterocycles. The lowest BCUT2D eigenvalue weighted by Crippen LogP contribution is -2.51. The van der Waals surface area contributed by atoms with E-state index in [2.05, 4.69) is 5.32 Å². The fourth-order valence-corrected chi connectivity index (χ4v) is 5.57. The Balaban J connectivity index is 1.52. The molecule has 0 amide bonds. The highest BCUT2D eigenvalue weighted by molar-refractivity contribution is 7.85. The number of ether oxygens (including phenoxy) is 2. The summed E-state index contributed by atoms with van der Waals surface area (Å²) in [4.78, 5) is 0. The SMILES string of the molecule is CC[S@](=O)[C@H]1CCCC[C@H]1NC1CCC2(CC1)OCCO2. The molecule has 0 aromatic heterocycles. The van der Waals surface area contributed by atoms with Crippen molar-refractivity contribution in [1.29, 1.82) is 0 Å². The summed E-state index contributed by atoms with van der Waals surface area (Å²) in [5.74, 6) is 0.523. The fraction of sp³-hybridized carbons (Fsp3) is 1.00. The molecule has 0 radical (unpaired) electrons. The number of hydrogen-bond donors (Lipinski definition) is 1. The van der Waals surface area contributed by atoms with Gasteiger partial charge < -0.3 is 14.8 Å². The Bertz CT molecular complexity index is 361. The van der Waals surface area contributed by atoms with Crippen molar-refractivity contribution >= 4 is 10.8 Å². The third-order valence-electron chi connectivity index (χ3n) is 5.34. The van der Waals surface area contributed by atoms with Gasteiger partial charge in [0.15, 0.2) is 5.79 Å². The molecule has 1 aliphatic heterocycles. The van der Waals surface area contributed by atoms with Gasteiger partial charge in [0.25, 0.3) is 0 Å². The van der Waals surface area contributed by atoms with E-state index >= 15 is 0 Å². The van der Waals surface area contributed by atoms with E-state index in [1.807, 2.05) is 6.92 Å². The van der Waals surface area contributed by atoms with Crippen LogP contribution in [0.25, 0.3) is 0 Å². The molecule has 2 aliphatic carbocycles. The van der Waals surface area contributed by atoms with Crippen LogP contribution >= 0.6 is 0 Å². The van der Waals surface area contributed by atoms with Gasteiger partial charge in [-0.15, -0.1) is 0 Å². The summed E-state index contributed by atoms with van der Waals surface area (Å²) in [5.41, 5.74) is 0. The summed E-state index contributed by atoms with van der Waals surface area (Å²) in [6.45, 7) is 3.54. The molecule has 1 N–H and O–H groups in total. The molecule has 3 rings (SSSR count). The van der Waals surface area contributed by atoms with Crippen LogP contribution in [0.15, 0.2) is 0 Å². The van der Waals surface area contributed by atoms with Gasteiger partial charge in [-0.3, -0.25) is 4.21 Å². The molecule has 3 atom stereocenters. The van der Waals surface area contributed by atoms with Gasteiger partial charge in [-0.2, -0.15) is 0 Å². The summed E-state index contributed by atoms with van der Waals surface area (Å²) < 4.78 is 23.8. The van der Waals surface area contributed by atoms with E-state index in [0.717, 1.165) is 51.1 Å². The normalized spacial score (nSPS) is 35.1. The first-order valence-electron chi connectivity index (χ1n) is 8.63. The van der Waals surface area contributed by atoms with Crippen molar-refractivity contribution in [2.24, 2.45) is 0 Å². The molecule has 0 aromatic carbocycles. The first-order chi connectivity index (χ1) is 10.2. The Morgan fingerprint density at radius 3 is 2.43 bits per heavy atom. The van der Waals surface area contributed by atoms with E-state index in [1.54, 1.807) is 0 Å². The molecule has 21 heavy (non-hydrogen) atoms. The average Bonchev–Trinajstić information content (AvgIpc) is 2.98. The van der Waals surface area contributed by atoms with Gasteiger partial charge >= 0.3 is 0 Å². The largest absolute Gasteiger partial charge is 0.348 e. The minimum atomic E-state index is -0.668. The summed E-state index contributed by atoms with van der Waals surface area (Å²) in [5, 5.41) is 4.19. The Morgan fingerprint density at radius 1 is 1.10 bits per heavy atom. The Kier molecular flexibility index (Phi) is 5.36. The van der Waals surface area contributed by atoms with Crippen molar-refractivity contribution in [2.75, 3.05) is 19.0 Å². The van der Waals surface area contributed by atoms with Gasteiger partial charge in [0.1, 0.15) is 0 Å². The highest BCUT2D eigenvalue weighted by Gasteiger charge is 2.41. The van der Waals surface area contributed by atoms with E-state index in [0.29, 0.717) is 17.3 Å². The molecule has 5 heteroatoms. The van der Waals surface area contributed by atoms with E-state index in [-0.39, 0.29) is 5.79 Å². The summed E-state index contributed by atoms with van der Waals surface area (Å²) in [6.07, 6.45) is 9.05. The molecule has 2 saturated carbocycles. The van der Waals surface area contributed by atoms with Crippen molar-refractivity contribution in [3.8, 4) is 0 Å². The quantitative estimate of drug-likeness (QED) is 0.865. The van der Waals surface area contributed by atoms with Gasteiger partial charge in [-0.05, 0) is 25.7 Å². The lowest BCUT2D eigenvalue weighted by molar-refractivity contribution is -0.179. The minimum Gasteiger partial charge on any atom is -0.348 e. The van der Waals surface area contributed by atoms with E-state index in [9.17, 15) is 4.21 Å². The second-order valence-corrected chi connectivity index (χ2v) is 8.59. The zero-order valence-corrected chi connectivity index (χ0v) is 14.0. The van der Waals surface area contributed by atoms with Gasteiger partial charge in [0, 0.05) is 41.5 Å². The van der Waals surface area contributed by atoms with Crippen molar-refractivity contribution in [3.05, 3.63) is 0 Å². The Hall–Kier alpha value is 0.0300. The molecule has 0 unspecified atom stereocenters. The van der Waals surface area contributed by atoms with Crippen LogP contribution in [0.2, 0.25) is 0 Å². The predicted molar refractivity (Wildman–Crippen MR) is 84.8 cm³/mol. The second kappa shape index (κ2) is 7.07. The fourth-order valence-electron chi connectivity index (χ4n) is 4.13. The standard InChI is InChI=1S/C16H29NO3S/c1-2-21(18)15-6-4-3-5-14(15)17-13-7-9-16(10-8-13)19-11-12-20-16/h13-15,17H,2-12H2,1H3/t14-,15+,21+/m1/s1. The number of hydrogen-bond acceptors (Lipinski definition) is 4. The molecule has 1 spiro atoms. The lowest BCUT2D eigenvalue weighted by Gasteiger charge is -2.39. The minimum absolute atomic E-state index is 0.267. The molecule has 0 aromatic rings. The van der Waals surface area contributed by atoms with Crippen molar-refractivity contribution < 1.29 is 13.7 Å². The van der Waals surface area contributed by atoms with Gasteiger partial charge in [0.05, 0.1) is 18.5 Å². The van der Waals surface area contributed by atoms with Crippen molar-refractivity contribution in [1.82, 2.24) is 5.32 Å². The van der Waals surface area contributed by atoms with Crippen LogP contribution in [0, 0.1) is 0 Å². The first kappa shape index (κ1) is 15.9. The van der Waals surface area contributed by atoms with Crippen LogP contribution in [0.5, 0.6) is 0 Å². The molecule has 3 fully saturated rings. The highest BCUT2D eigenvalue weighted by Crippen LogP contribution is 2.36. The highest BCUT2D eigenvalue weighted by atomic mass is 32.2. The van der Waals surface area contributed by atoms with E-state index in [1.165, 1.54) is 19.3 Å². The third-order valence-corrected chi connectivity index (χ3v) is 7.14. The van der Waals surface area contributed by atoms with Crippen LogP contribution in [0.3, 0.4) is 0 Å². The maximum atomic E-state index is 12.3. The van der Waals surface area contributed by atoms with Crippen LogP contribution in [-0.4, -0.2) is 46.3 Å². The topological polar surface area (TPSA) is 47.6 Å². The molecule has 4 nitrogen and oxygen atoms in total. The summed E-state index contributed by atoms with van der Waals surface area (Å²) in [7, 11) is -0.668. The number of rotatable bonds is 4. The average molecular weight is 315 g/mol. The molecular formula is C16H29NO3S. The van der Waals surface area contributed by atoms with Gasteiger partial charge in [-0.1, -0.05) is 19.8 Å². The number of nitrogens with one attached hydrogen (secondary N) is 1. The van der Waals surface area contributed by atoms with Crippen LogP contribution in [0.4, 0.5) is 0 Å². The maximum Gasteiger partial charge on any atom is 0.168 e. The smallest absolute Gasteiger partial charge is 0.168 e. The molecule has 1 heterocycles. The Labute approximate surface area is 130 Å². The predicted octanol–water partition coefficient (Wildman–Crippen LogP) is 2.34. The van der Waals surface area contributed by atoms with Crippen molar-refractivity contribution in [3.63, 3.8) is 0 Å². The van der Waals surface area contributed by atoms with Crippen LogP contribution < -0.4 is 5.32 Å². The monoisotopic (exact) mass is 315 g/mol. The molecule has 122 valence electrons. The second-order valence-electron chi connectivity index (χ2n) is 6.65. The third kappa shape index (κ3) is 3.69. The van der Waals surface area contributed by atoms with E-state index < -0.39 is 10.8 Å². The zero-order valence-electron chi connectivity index (χ0n) is 13.1. The van der Waals surface area contributed by atoms with Crippen molar-refractivity contribution in [2.45, 2.75) is 81.4 Å². The molecule has 3 aliphatic rings.